The fourth-order valence-electron chi connectivity index (χ4n) is 2.62. The molecule has 19 heavy (non-hydrogen) atoms. The molecule has 0 aliphatic heterocycles. The predicted octanol–water partition coefficient (Wildman–Crippen LogP) is 3.41. The molecule has 3 rings (SSSR count). The standard InChI is InChI=1S/C16H20N2S/c17-11-16(13-5-2-1-3-6-13)18(14-8-9-14)12-15-7-4-10-19-15/h1-7,10,14,16H,8-9,11-12,17H2. The minimum absolute atomic E-state index is 0.343. The molecule has 0 radical (unpaired) electrons. The Hall–Kier alpha value is -1.16. The van der Waals surface area contributed by atoms with Crippen LogP contribution in [0, 0.1) is 0 Å². The molecule has 1 heterocycles. The van der Waals surface area contributed by atoms with Gasteiger partial charge in [0, 0.05) is 30.1 Å². The van der Waals surface area contributed by atoms with E-state index in [2.05, 4.69) is 52.7 Å². The zero-order valence-corrected chi connectivity index (χ0v) is 11.9. The number of thiophene rings is 1. The van der Waals surface area contributed by atoms with Crippen LogP contribution >= 0.6 is 11.3 Å². The second-order valence-electron chi connectivity index (χ2n) is 5.15. The Morgan fingerprint density at radius 1 is 1.16 bits per heavy atom. The van der Waals surface area contributed by atoms with E-state index in [1.54, 1.807) is 0 Å². The zero-order valence-electron chi connectivity index (χ0n) is 11.0. The van der Waals surface area contributed by atoms with Crippen molar-refractivity contribution in [2.75, 3.05) is 6.54 Å². The fourth-order valence-corrected chi connectivity index (χ4v) is 3.33. The lowest BCUT2D eigenvalue weighted by molar-refractivity contribution is 0.183. The molecule has 1 unspecified atom stereocenters. The maximum absolute atomic E-state index is 6.06. The minimum atomic E-state index is 0.343. The summed E-state index contributed by atoms with van der Waals surface area (Å²) < 4.78 is 0. The average Bonchev–Trinajstić information content (AvgIpc) is 3.17. The van der Waals surface area contributed by atoms with Gasteiger partial charge >= 0.3 is 0 Å². The van der Waals surface area contributed by atoms with Gasteiger partial charge in [0.1, 0.15) is 0 Å². The van der Waals surface area contributed by atoms with Crippen LogP contribution < -0.4 is 5.73 Å². The van der Waals surface area contributed by atoms with Gasteiger partial charge in [0.2, 0.25) is 0 Å². The summed E-state index contributed by atoms with van der Waals surface area (Å²) in [5.74, 6) is 0. The van der Waals surface area contributed by atoms with E-state index in [1.807, 2.05) is 11.3 Å². The van der Waals surface area contributed by atoms with Gasteiger partial charge in [-0.15, -0.1) is 11.3 Å². The molecule has 1 aromatic carbocycles. The van der Waals surface area contributed by atoms with Crippen LogP contribution in [0.3, 0.4) is 0 Å². The van der Waals surface area contributed by atoms with Crippen molar-refractivity contribution in [1.29, 1.82) is 0 Å². The van der Waals surface area contributed by atoms with Gasteiger partial charge in [0.05, 0.1) is 0 Å². The molecular formula is C16H20N2S. The third-order valence-electron chi connectivity index (χ3n) is 3.74. The Bertz CT molecular complexity index is 491. The molecule has 2 nitrogen and oxygen atoms in total. The lowest BCUT2D eigenvalue weighted by Gasteiger charge is -2.31. The second kappa shape index (κ2) is 5.87. The smallest absolute Gasteiger partial charge is 0.0477 e. The molecule has 1 atom stereocenters. The minimum Gasteiger partial charge on any atom is -0.329 e. The number of hydrogen-bond acceptors (Lipinski definition) is 3. The van der Waals surface area contributed by atoms with Gasteiger partial charge in [0.15, 0.2) is 0 Å². The summed E-state index contributed by atoms with van der Waals surface area (Å²) in [6.45, 7) is 1.71. The third-order valence-corrected chi connectivity index (χ3v) is 4.60. The average molecular weight is 272 g/mol. The first-order valence-electron chi connectivity index (χ1n) is 6.91. The van der Waals surface area contributed by atoms with Gasteiger partial charge in [-0.25, -0.2) is 0 Å². The van der Waals surface area contributed by atoms with Crippen molar-refractivity contribution in [3.05, 3.63) is 58.3 Å². The van der Waals surface area contributed by atoms with E-state index in [-0.39, 0.29) is 0 Å². The van der Waals surface area contributed by atoms with Gasteiger partial charge < -0.3 is 5.73 Å². The van der Waals surface area contributed by atoms with E-state index in [4.69, 9.17) is 5.73 Å². The van der Waals surface area contributed by atoms with Crippen molar-refractivity contribution in [3.63, 3.8) is 0 Å². The largest absolute Gasteiger partial charge is 0.329 e. The molecule has 1 fully saturated rings. The van der Waals surface area contributed by atoms with Crippen molar-refractivity contribution in [1.82, 2.24) is 4.90 Å². The molecule has 0 amide bonds. The summed E-state index contributed by atoms with van der Waals surface area (Å²) >= 11 is 1.84. The number of benzene rings is 1. The van der Waals surface area contributed by atoms with Gasteiger partial charge in [-0.3, -0.25) is 4.90 Å². The topological polar surface area (TPSA) is 29.3 Å². The zero-order chi connectivity index (χ0) is 13.1. The Labute approximate surface area is 118 Å². The van der Waals surface area contributed by atoms with Crippen molar-refractivity contribution < 1.29 is 0 Å². The van der Waals surface area contributed by atoms with Crippen LogP contribution in [0.15, 0.2) is 47.8 Å². The second-order valence-corrected chi connectivity index (χ2v) is 6.18. The molecule has 2 N–H and O–H groups in total. The van der Waals surface area contributed by atoms with E-state index in [9.17, 15) is 0 Å². The van der Waals surface area contributed by atoms with Crippen LogP contribution in [0.2, 0.25) is 0 Å². The van der Waals surface area contributed by atoms with Crippen molar-refractivity contribution in [2.24, 2.45) is 5.73 Å². The number of nitrogens with zero attached hydrogens (tertiary/aromatic N) is 1. The van der Waals surface area contributed by atoms with Gasteiger partial charge in [-0.05, 0) is 29.9 Å². The molecule has 1 aromatic heterocycles. The van der Waals surface area contributed by atoms with Crippen LogP contribution in [0.5, 0.6) is 0 Å². The van der Waals surface area contributed by atoms with Crippen LogP contribution in [0.4, 0.5) is 0 Å². The summed E-state index contributed by atoms with van der Waals surface area (Å²) in [5.41, 5.74) is 7.40. The van der Waals surface area contributed by atoms with E-state index in [0.717, 1.165) is 12.6 Å². The summed E-state index contributed by atoms with van der Waals surface area (Å²) in [7, 11) is 0. The first kappa shape index (κ1) is 12.9. The lowest BCUT2D eigenvalue weighted by Crippen LogP contribution is -2.34. The molecule has 1 aliphatic carbocycles. The molecule has 2 aromatic rings. The number of hydrogen-bond donors (Lipinski definition) is 1. The molecule has 3 heteroatoms. The first-order valence-corrected chi connectivity index (χ1v) is 7.79. The SMILES string of the molecule is NCC(c1ccccc1)N(Cc1cccs1)C1CC1. The summed E-state index contributed by atoms with van der Waals surface area (Å²) in [6, 6.07) is 16.1. The fraction of sp³-hybridized carbons (Fsp3) is 0.375. The maximum atomic E-state index is 6.06. The van der Waals surface area contributed by atoms with Gasteiger partial charge in [0.25, 0.3) is 0 Å². The highest BCUT2D eigenvalue weighted by atomic mass is 32.1. The maximum Gasteiger partial charge on any atom is 0.0477 e. The van der Waals surface area contributed by atoms with E-state index in [1.165, 1.54) is 23.3 Å². The Morgan fingerprint density at radius 3 is 2.53 bits per heavy atom. The normalized spacial score (nSPS) is 16.7. The first-order chi connectivity index (χ1) is 9.38. The van der Waals surface area contributed by atoms with Crippen LogP contribution in [-0.2, 0) is 6.54 Å². The van der Waals surface area contributed by atoms with Crippen molar-refractivity contribution in [2.45, 2.75) is 31.5 Å². The molecular weight excluding hydrogens is 252 g/mol. The summed E-state index contributed by atoms with van der Waals surface area (Å²) in [5, 5.41) is 2.15. The molecule has 1 saturated carbocycles. The quantitative estimate of drug-likeness (QED) is 0.873. The highest BCUT2D eigenvalue weighted by molar-refractivity contribution is 7.09. The third kappa shape index (κ3) is 3.06. The molecule has 0 saturated heterocycles. The molecule has 0 spiro atoms. The van der Waals surface area contributed by atoms with Crippen molar-refractivity contribution >= 4 is 11.3 Å². The Kier molecular flexibility index (Phi) is 3.97. The Morgan fingerprint density at radius 2 is 1.95 bits per heavy atom. The Balaban J connectivity index is 1.81. The number of rotatable bonds is 6. The van der Waals surface area contributed by atoms with E-state index < -0.39 is 0 Å². The highest BCUT2D eigenvalue weighted by Gasteiger charge is 2.34. The molecule has 1 aliphatic rings. The molecule has 100 valence electrons. The summed E-state index contributed by atoms with van der Waals surface area (Å²) in [6.07, 6.45) is 2.63. The van der Waals surface area contributed by atoms with Gasteiger partial charge in [-0.2, -0.15) is 0 Å². The van der Waals surface area contributed by atoms with E-state index in [0.29, 0.717) is 12.6 Å². The predicted molar refractivity (Wildman–Crippen MR) is 81.1 cm³/mol. The number of nitrogens with two attached hydrogens (primary N) is 1. The molecule has 0 bridgehead atoms. The van der Waals surface area contributed by atoms with Crippen LogP contribution in [0.25, 0.3) is 0 Å². The summed E-state index contributed by atoms with van der Waals surface area (Å²) in [4.78, 5) is 4.02. The van der Waals surface area contributed by atoms with E-state index >= 15 is 0 Å². The lowest BCUT2D eigenvalue weighted by atomic mass is 10.0. The highest BCUT2D eigenvalue weighted by Crippen LogP contribution is 2.35. The van der Waals surface area contributed by atoms with Gasteiger partial charge in [-0.1, -0.05) is 36.4 Å². The van der Waals surface area contributed by atoms with Crippen molar-refractivity contribution in [3.8, 4) is 0 Å². The monoisotopic (exact) mass is 272 g/mol. The van der Waals surface area contributed by atoms with Crippen LogP contribution in [-0.4, -0.2) is 17.5 Å². The van der Waals surface area contributed by atoms with Crippen LogP contribution in [0.1, 0.15) is 29.3 Å².